The third kappa shape index (κ3) is 2.24. The van der Waals surface area contributed by atoms with Crippen LogP contribution in [0.4, 0.5) is 0 Å². The Kier molecular flexibility index (Phi) is 3.66. The van der Waals surface area contributed by atoms with Gasteiger partial charge in [0, 0.05) is 6.08 Å². The van der Waals surface area contributed by atoms with Gasteiger partial charge in [-0.3, -0.25) is 9.47 Å². The second-order valence-electron chi connectivity index (χ2n) is 4.86. The summed E-state index contributed by atoms with van der Waals surface area (Å²) in [5, 5.41) is 27.5. The number of aliphatic hydroxyl groups is 3. The van der Waals surface area contributed by atoms with Gasteiger partial charge in [-0.05, 0) is 13.3 Å². The molecule has 0 spiro atoms. The van der Waals surface area contributed by atoms with Crippen LogP contribution in [-0.4, -0.2) is 51.7 Å². The molecule has 3 saturated heterocycles. The molecule has 0 saturated carbocycles. The van der Waals surface area contributed by atoms with Crippen LogP contribution in [0.2, 0.25) is 0 Å². The number of carbonyl (C=O) groups is 1. The lowest BCUT2D eigenvalue weighted by Gasteiger charge is -2.50. The average Bonchev–Trinajstić information content (AvgIpc) is 2.90. The van der Waals surface area contributed by atoms with E-state index in [1.807, 2.05) is 0 Å². The van der Waals surface area contributed by atoms with Crippen molar-refractivity contribution in [1.29, 1.82) is 0 Å². The summed E-state index contributed by atoms with van der Waals surface area (Å²) >= 11 is 0. The zero-order valence-electron chi connectivity index (χ0n) is 11.2. The number of rotatable bonds is 6. The SMILES string of the molecule is C=CC(=O)OC(CC)C12COC(C(C)C(O)(O)O)(O1)O2. The molecule has 2 unspecified atom stereocenters. The fraction of sp³-hybridized carbons (Fsp3) is 0.750. The average molecular weight is 290 g/mol. The van der Waals surface area contributed by atoms with Crippen LogP contribution in [0.15, 0.2) is 12.7 Å². The van der Waals surface area contributed by atoms with Gasteiger partial charge < -0.3 is 24.8 Å². The van der Waals surface area contributed by atoms with Crippen LogP contribution >= 0.6 is 0 Å². The summed E-state index contributed by atoms with van der Waals surface area (Å²) in [7, 11) is 0. The van der Waals surface area contributed by atoms with Crippen LogP contribution in [0.1, 0.15) is 20.3 Å². The Hall–Kier alpha value is -1.03. The van der Waals surface area contributed by atoms with Crippen LogP contribution in [0, 0.1) is 5.92 Å². The van der Waals surface area contributed by atoms with Crippen LogP contribution in [-0.2, 0) is 23.7 Å². The maximum atomic E-state index is 11.3. The smallest absolute Gasteiger partial charge is 0.330 e. The normalized spacial score (nSPS) is 35.0. The molecule has 0 aromatic carbocycles. The highest BCUT2D eigenvalue weighted by molar-refractivity contribution is 5.81. The van der Waals surface area contributed by atoms with Crippen LogP contribution in [0.3, 0.4) is 0 Å². The maximum Gasteiger partial charge on any atom is 0.330 e. The van der Waals surface area contributed by atoms with Gasteiger partial charge in [-0.1, -0.05) is 13.5 Å². The van der Waals surface area contributed by atoms with Crippen molar-refractivity contribution < 1.29 is 39.1 Å². The fourth-order valence-corrected chi connectivity index (χ4v) is 2.24. The fourth-order valence-electron chi connectivity index (χ4n) is 2.24. The highest BCUT2D eigenvalue weighted by Gasteiger charge is 2.74. The highest BCUT2D eigenvalue weighted by atomic mass is 17.1. The number of carbonyl (C=O) groups excluding carboxylic acids is 1. The van der Waals surface area contributed by atoms with Crippen molar-refractivity contribution in [2.45, 2.75) is 44.1 Å². The molecule has 0 aromatic rings. The first kappa shape index (κ1) is 15.4. The van der Waals surface area contributed by atoms with Gasteiger partial charge in [-0.15, -0.1) is 0 Å². The summed E-state index contributed by atoms with van der Waals surface area (Å²) < 4.78 is 21.3. The molecule has 0 amide bonds. The Morgan fingerprint density at radius 3 is 2.55 bits per heavy atom. The molecular weight excluding hydrogens is 272 g/mol. The molecule has 3 aliphatic heterocycles. The Bertz CT molecular complexity index is 406. The van der Waals surface area contributed by atoms with E-state index in [0.717, 1.165) is 6.08 Å². The van der Waals surface area contributed by atoms with Gasteiger partial charge in [-0.25, -0.2) is 4.79 Å². The Labute approximate surface area is 115 Å². The van der Waals surface area contributed by atoms with Gasteiger partial charge in [0.05, 0.1) is 0 Å². The van der Waals surface area contributed by atoms with Crippen molar-refractivity contribution in [3.05, 3.63) is 12.7 Å². The molecule has 114 valence electrons. The van der Waals surface area contributed by atoms with E-state index in [1.54, 1.807) is 6.92 Å². The van der Waals surface area contributed by atoms with E-state index in [0.29, 0.717) is 6.42 Å². The van der Waals surface area contributed by atoms with Gasteiger partial charge in [0.1, 0.15) is 12.5 Å². The summed E-state index contributed by atoms with van der Waals surface area (Å²) in [6.45, 7) is 6.28. The minimum atomic E-state index is -3.02. The van der Waals surface area contributed by atoms with Gasteiger partial charge in [0.25, 0.3) is 11.9 Å². The molecule has 20 heavy (non-hydrogen) atoms. The van der Waals surface area contributed by atoms with Crippen LogP contribution in [0.25, 0.3) is 0 Å². The summed E-state index contributed by atoms with van der Waals surface area (Å²) in [6.07, 6.45) is 0.682. The maximum absolute atomic E-state index is 11.3. The van der Waals surface area contributed by atoms with Crippen LogP contribution in [0.5, 0.6) is 0 Å². The second-order valence-corrected chi connectivity index (χ2v) is 4.86. The first-order valence-electron chi connectivity index (χ1n) is 6.23. The molecule has 3 heterocycles. The highest BCUT2D eigenvalue weighted by Crippen LogP contribution is 2.55. The van der Waals surface area contributed by atoms with E-state index in [-0.39, 0.29) is 6.61 Å². The first-order chi connectivity index (χ1) is 9.19. The van der Waals surface area contributed by atoms with Crippen molar-refractivity contribution in [2.75, 3.05) is 6.61 Å². The van der Waals surface area contributed by atoms with Crippen molar-refractivity contribution >= 4 is 5.97 Å². The molecule has 3 N–H and O–H groups in total. The zero-order valence-corrected chi connectivity index (χ0v) is 11.2. The molecular formula is C12H18O8. The molecule has 2 bridgehead atoms. The lowest BCUT2D eigenvalue weighted by Crippen LogP contribution is -2.67. The lowest BCUT2D eigenvalue weighted by atomic mass is 10.0. The van der Waals surface area contributed by atoms with E-state index in [1.165, 1.54) is 6.92 Å². The molecule has 8 nitrogen and oxygen atoms in total. The van der Waals surface area contributed by atoms with Gasteiger partial charge in [0.15, 0.2) is 6.10 Å². The minimum absolute atomic E-state index is 0.0592. The molecule has 0 aromatic heterocycles. The van der Waals surface area contributed by atoms with E-state index in [4.69, 9.17) is 18.9 Å². The zero-order chi connectivity index (χ0) is 15.2. The summed E-state index contributed by atoms with van der Waals surface area (Å²) in [4.78, 5) is 11.3. The Morgan fingerprint density at radius 1 is 1.50 bits per heavy atom. The van der Waals surface area contributed by atoms with Gasteiger partial charge in [-0.2, -0.15) is 0 Å². The van der Waals surface area contributed by atoms with E-state index >= 15 is 0 Å². The number of hydrogen-bond acceptors (Lipinski definition) is 8. The predicted octanol–water partition coefficient (Wildman–Crippen LogP) is -0.812. The molecule has 2 atom stereocenters. The summed E-state index contributed by atoms with van der Waals surface area (Å²) in [5.41, 5.74) is 0. The van der Waals surface area contributed by atoms with E-state index < -0.39 is 35.7 Å². The van der Waals surface area contributed by atoms with Crippen molar-refractivity contribution in [1.82, 2.24) is 0 Å². The van der Waals surface area contributed by atoms with Crippen molar-refractivity contribution in [3.8, 4) is 0 Å². The molecule has 3 fully saturated rings. The van der Waals surface area contributed by atoms with Gasteiger partial charge >= 0.3 is 5.97 Å². The monoisotopic (exact) mass is 290 g/mol. The summed E-state index contributed by atoms with van der Waals surface area (Å²) in [5.74, 6) is -7.98. The minimum Gasteiger partial charge on any atom is -0.453 e. The molecule has 3 aliphatic rings. The van der Waals surface area contributed by atoms with Crippen LogP contribution < -0.4 is 0 Å². The lowest BCUT2D eigenvalue weighted by molar-refractivity contribution is -0.561. The van der Waals surface area contributed by atoms with E-state index in [9.17, 15) is 20.1 Å². The number of hydrogen-bond donors (Lipinski definition) is 3. The van der Waals surface area contributed by atoms with Crippen molar-refractivity contribution in [3.63, 3.8) is 0 Å². The summed E-state index contributed by atoms with van der Waals surface area (Å²) in [6, 6.07) is 0. The molecule has 3 rings (SSSR count). The number of ether oxygens (including phenoxy) is 4. The standard InChI is InChI=1S/C12H18O8/c1-4-8(18-9(13)5-2)10-6-17-12(19-10,20-10)7(3)11(14,15)16/h5,7-8,14-16H,2,4,6H2,1,3H3. The molecule has 0 aliphatic carbocycles. The first-order valence-corrected chi connectivity index (χ1v) is 6.23. The second kappa shape index (κ2) is 4.76. The number of esters is 1. The molecule has 0 radical (unpaired) electrons. The Morgan fingerprint density at radius 2 is 2.10 bits per heavy atom. The van der Waals surface area contributed by atoms with Gasteiger partial charge in [0.2, 0.25) is 5.79 Å². The topological polar surface area (TPSA) is 115 Å². The number of fused-ring (bicyclic) bond motifs is 1. The van der Waals surface area contributed by atoms with Crippen molar-refractivity contribution in [2.24, 2.45) is 5.92 Å². The third-order valence-electron chi connectivity index (χ3n) is 3.50. The largest absolute Gasteiger partial charge is 0.453 e. The predicted molar refractivity (Wildman–Crippen MR) is 62.5 cm³/mol. The third-order valence-corrected chi connectivity index (χ3v) is 3.50. The quantitative estimate of drug-likeness (QED) is 0.330. The Balaban J connectivity index is 2.08. The van der Waals surface area contributed by atoms with E-state index in [2.05, 4.69) is 6.58 Å². The molecule has 8 heteroatoms.